The summed E-state index contributed by atoms with van der Waals surface area (Å²) in [5, 5.41) is 2.62. The molecule has 1 heterocycles. The number of ether oxygens (including phenoxy) is 1. The van der Waals surface area contributed by atoms with Crippen LogP contribution < -0.4 is 10.2 Å². The van der Waals surface area contributed by atoms with E-state index >= 15 is 0 Å². The van der Waals surface area contributed by atoms with E-state index in [1.807, 2.05) is 18.7 Å². The topological polar surface area (TPSA) is 44.8 Å². The summed E-state index contributed by atoms with van der Waals surface area (Å²) in [7, 11) is 1.41. The van der Waals surface area contributed by atoms with Crippen molar-refractivity contribution in [1.82, 2.24) is 10.2 Å². The van der Waals surface area contributed by atoms with Crippen LogP contribution in [0.2, 0.25) is 0 Å². The highest BCUT2D eigenvalue weighted by Gasteiger charge is 2.33. The zero-order valence-electron chi connectivity index (χ0n) is 18.2. The second-order valence-electron chi connectivity index (χ2n) is 8.12. The monoisotopic (exact) mass is 453 g/mol. The summed E-state index contributed by atoms with van der Waals surface area (Å²) < 4.78 is 59.8. The number of urea groups is 1. The molecule has 0 bridgehead atoms. The number of nitrogens with one attached hydrogen (secondary N) is 1. The van der Waals surface area contributed by atoms with Crippen LogP contribution in [0.1, 0.15) is 30.5 Å². The zero-order chi connectivity index (χ0) is 23.5. The molecular formula is C23H27F4N3O2. The van der Waals surface area contributed by atoms with Gasteiger partial charge in [0.25, 0.3) is 0 Å². The molecule has 1 fully saturated rings. The first kappa shape index (κ1) is 23.8. The molecule has 2 amide bonds. The minimum Gasteiger partial charge on any atom is -0.372 e. The Bertz CT molecular complexity index is 941. The van der Waals surface area contributed by atoms with Crippen molar-refractivity contribution >= 4 is 11.7 Å². The fraction of sp³-hybridized carbons (Fsp3) is 0.435. The van der Waals surface area contributed by atoms with E-state index in [9.17, 15) is 22.4 Å². The molecular weight excluding hydrogens is 426 g/mol. The average Bonchev–Trinajstić information content (AvgIpc) is 2.71. The quantitative estimate of drug-likeness (QED) is 0.662. The Hall–Kier alpha value is -2.81. The lowest BCUT2D eigenvalue weighted by Gasteiger charge is -2.37. The van der Waals surface area contributed by atoms with Crippen molar-refractivity contribution in [2.75, 3.05) is 25.0 Å². The Morgan fingerprint density at radius 3 is 2.44 bits per heavy atom. The third-order valence-corrected chi connectivity index (χ3v) is 5.29. The Morgan fingerprint density at radius 2 is 1.81 bits per heavy atom. The van der Waals surface area contributed by atoms with Gasteiger partial charge in [-0.25, -0.2) is 9.18 Å². The minimum absolute atomic E-state index is 0.00187. The van der Waals surface area contributed by atoms with Gasteiger partial charge in [-0.1, -0.05) is 24.3 Å². The van der Waals surface area contributed by atoms with Gasteiger partial charge in [0.2, 0.25) is 0 Å². The van der Waals surface area contributed by atoms with Gasteiger partial charge in [0.1, 0.15) is 5.82 Å². The van der Waals surface area contributed by atoms with E-state index in [4.69, 9.17) is 4.74 Å². The molecule has 174 valence electrons. The van der Waals surface area contributed by atoms with Crippen LogP contribution in [0.3, 0.4) is 0 Å². The fourth-order valence-corrected chi connectivity index (χ4v) is 3.87. The maximum Gasteiger partial charge on any atom is 0.416 e. The molecule has 9 heteroatoms. The van der Waals surface area contributed by atoms with Crippen molar-refractivity contribution < 1.29 is 27.1 Å². The smallest absolute Gasteiger partial charge is 0.372 e. The number of hydrogen-bond donors (Lipinski definition) is 1. The van der Waals surface area contributed by atoms with Crippen LogP contribution in [-0.4, -0.2) is 43.3 Å². The fourth-order valence-electron chi connectivity index (χ4n) is 3.87. The predicted octanol–water partition coefficient (Wildman–Crippen LogP) is 4.80. The van der Waals surface area contributed by atoms with E-state index in [1.54, 1.807) is 12.1 Å². The first-order valence-electron chi connectivity index (χ1n) is 10.4. The minimum atomic E-state index is -4.50. The number of anilines is 1. The van der Waals surface area contributed by atoms with E-state index < -0.39 is 23.6 Å². The number of morpholine rings is 1. The molecule has 0 aromatic heterocycles. The van der Waals surface area contributed by atoms with Gasteiger partial charge >= 0.3 is 12.2 Å². The molecule has 5 nitrogen and oxygen atoms in total. The van der Waals surface area contributed by atoms with Crippen LogP contribution >= 0.6 is 0 Å². The Balaban J connectivity index is 1.60. The van der Waals surface area contributed by atoms with Gasteiger partial charge < -0.3 is 19.9 Å². The van der Waals surface area contributed by atoms with Crippen LogP contribution in [0.25, 0.3) is 0 Å². The normalized spacial score (nSPS) is 19.0. The Morgan fingerprint density at radius 1 is 1.16 bits per heavy atom. The summed E-state index contributed by atoms with van der Waals surface area (Å²) in [4.78, 5) is 15.5. The molecule has 3 rings (SSSR count). The van der Waals surface area contributed by atoms with Crippen LogP contribution in [0.15, 0.2) is 42.5 Å². The molecule has 0 spiro atoms. The van der Waals surface area contributed by atoms with Gasteiger partial charge in [0.05, 0.1) is 23.5 Å². The van der Waals surface area contributed by atoms with E-state index in [-0.39, 0.29) is 30.9 Å². The predicted molar refractivity (Wildman–Crippen MR) is 114 cm³/mol. The summed E-state index contributed by atoms with van der Waals surface area (Å²) >= 11 is 0. The first-order valence-corrected chi connectivity index (χ1v) is 10.4. The standard InChI is InChI=1S/C23H27F4N3O2/c1-15-12-30(13-16(2)32-15)21-9-8-17(10-20(21)24)11-28-22(31)29(3)14-18-6-4-5-7-19(18)23(25,26)27/h4-10,15-16H,11-14H2,1-3H3,(H,28,31). The van der Waals surface area contributed by atoms with Gasteiger partial charge in [0, 0.05) is 33.2 Å². The summed E-state index contributed by atoms with van der Waals surface area (Å²) in [6, 6.07) is 9.34. The van der Waals surface area contributed by atoms with Gasteiger partial charge in [-0.15, -0.1) is 0 Å². The van der Waals surface area contributed by atoms with E-state index in [0.29, 0.717) is 24.3 Å². The number of alkyl halides is 3. The van der Waals surface area contributed by atoms with E-state index in [1.165, 1.54) is 31.3 Å². The molecule has 2 aromatic rings. The SMILES string of the molecule is CC1CN(c2ccc(CNC(=O)N(C)Cc3ccccc3C(F)(F)F)cc2F)CC(C)O1. The van der Waals surface area contributed by atoms with Gasteiger partial charge in [-0.3, -0.25) is 0 Å². The molecule has 0 saturated carbocycles. The highest BCUT2D eigenvalue weighted by molar-refractivity contribution is 5.74. The van der Waals surface area contributed by atoms with Crippen LogP contribution in [0.4, 0.5) is 28.0 Å². The van der Waals surface area contributed by atoms with Gasteiger partial charge in [0.15, 0.2) is 0 Å². The van der Waals surface area contributed by atoms with Crippen molar-refractivity contribution in [1.29, 1.82) is 0 Å². The Labute approximate surface area is 185 Å². The number of carbonyl (C=O) groups is 1. The lowest BCUT2D eigenvalue weighted by Crippen LogP contribution is -2.45. The number of nitrogens with zero attached hydrogens (tertiary/aromatic N) is 2. The summed E-state index contributed by atoms with van der Waals surface area (Å²) in [6.45, 7) is 4.89. The number of hydrogen-bond acceptors (Lipinski definition) is 3. The summed E-state index contributed by atoms with van der Waals surface area (Å²) in [6.07, 6.45) is -4.51. The second-order valence-corrected chi connectivity index (χ2v) is 8.12. The van der Waals surface area contributed by atoms with Crippen molar-refractivity contribution in [3.05, 3.63) is 65.0 Å². The second kappa shape index (κ2) is 9.77. The number of carbonyl (C=O) groups excluding carboxylic acids is 1. The molecule has 1 N–H and O–H groups in total. The molecule has 2 aromatic carbocycles. The summed E-state index contributed by atoms with van der Waals surface area (Å²) in [5.41, 5.74) is 0.257. The third-order valence-electron chi connectivity index (χ3n) is 5.29. The van der Waals surface area contributed by atoms with Crippen LogP contribution in [-0.2, 0) is 24.0 Å². The van der Waals surface area contributed by atoms with Crippen LogP contribution in [0, 0.1) is 5.82 Å². The van der Waals surface area contributed by atoms with Crippen LogP contribution in [0.5, 0.6) is 0 Å². The number of rotatable bonds is 5. The maximum absolute atomic E-state index is 14.7. The average molecular weight is 453 g/mol. The first-order chi connectivity index (χ1) is 15.0. The number of benzene rings is 2. The molecule has 0 radical (unpaired) electrons. The lowest BCUT2D eigenvalue weighted by atomic mass is 10.1. The maximum atomic E-state index is 14.7. The van der Waals surface area contributed by atoms with Crippen molar-refractivity contribution in [2.45, 2.75) is 45.3 Å². The molecule has 2 unspecified atom stereocenters. The van der Waals surface area contributed by atoms with Crippen molar-refractivity contribution in [3.63, 3.8) is 0 Å². The highest BCUT2D eigenvalue weighted by Crippen LogP contribution is 2.32. The van der Waals surface area contributed by atoms with E-state index in [2.05, 4.69) is 5.32 Å². The molecule has 32 heavy (non-hydrogen) atoms. The third kappa shape index (κ3) is 5.91. The van der Waals surface area contributed by atoms with Crippen molar-refractivity contribution in [3.8, 4) is 0 Å². The molecule has 1 aliphatic rings. The molecule has 0 aliphatic carbocycles. The Kier molecular flexibility index (Phi) is 7.28. The molecule has 2 atom stereocenters. The van der Waals surface area contributed by atoms with Gasteiger partial charge in [-0.05, 0) is 43.2 Å². The lowest BCUT2D eigenvalue weighted by molar-refractivity contribution is -0.138. The van der Waals surface area contributed by atoms with Crippen molar-refractivity contribution in [2.24, 2.45) is 0 Å². The highest BCUT2D eigenvalue weighted by atomic mass is 19.4. The van der Waals surface area contributed by atoms with E-state index in [0.717, 1.165) is 11.0 Å². The largest absolute Gasteiger partial charge is 0.416 e. The number of amides is 2. The summed E-state index contributed by atoms with van der Waals surface area (Å²) in [5.74, 6) is -0.398. The van der Waals surface area contributed by atoms with Gasteiger partial charge in [-0.2, -0.15) is 13.2 Å². The zero-order valence-corrected chi connectivity index (χ0v) is 18.2. The molecule has 1 saturated heterocycles. The number of halogens is 4. The molecule has 1 aliphatic heterocycles.